The lowest BCUT2D eigenvalue weighted by Gasteiger charge is -2.03. The van der Waals surface area contributed by atoms with E-state index in [0.29, 0.717) is 22.6 Å². The summed E-state index contributed by atoms with van der Waals surface area (Å²) in [4.78, 5) is 28.7. The monoisotopic (exact) mass is 302 g/mol. The second-order valence-corrected chi connectivity index (χ2v) is 4.84. The molecule has 3 heterocycles. The number of fused-ring (bicyclic) bond motifs is 1. The van der Waals surface area contributed by atoms with Gasteiger partial charge in [0.25, 0.3) is 5.56 Å². The molecule has 3 aromatic heterocycles. The fourth-order valence-electron chi connectivity index (χ4n) is 2.24. The van der Waals surface area contributed by atoms with E-state index in [9.17, 15) is 4.79 Å². The highest BCUT2D eigenvalue weighted by atomic mass is 16.1. The molecule has 0 aliphatic rings. The van der Waals surface area contributed by atoms with E-state index < -0.39 is 0 Å². The zero-order chi connectivity index (χ0) is 15.6. The van der Waals surface area contributed by atoms with Gasteiger partial charge in [0, 0.05) is 29.7 Å². The van der Waals surface area contributed by atoms with Crippen LogP contribution >= 0.6 is 0 Å². The number of nitrogens with zero attached hydrogens (tertiary/aromatic N) is 5. The molecule has 0 aliphatic carbocycles. The summed E-state index contributed by atoms with van der Waals surface area (Å²) in [6.07, 6.45) is 6.42. The highest BCUT2D eigenvalue weighted by Crippen LogP contribution is 2.20. The number of H-pyrrole nitrogens is 1. The average Bonchev–Trinajstić information content (AvgIpc) is 2.63. The SMILES string of the molecule is O=c1[nH]ncc2nc(-c3ccc(-c4ncccn4)cc3)ncc12. The summed E-state index contributed by atoms with van der Waals surface area (Å²) >= 11 is 0. The van der Waals surface area contributed by atoms with E-state index in [2.05, 4.69) is 30.1 Å². The molecule has 0 spiro atoms. The molecule has 0 atom stereocenters. The highest BCUT2D eigenvalue weighted by Gasteiger charge is 2.07. The summed E-state index contributed by atoms with van der Waals surface area (Å²) in [6, 6.07) is 9.39. The van der Waals surface area contributed by atoms with Crippen molar-refractivity contribution in [3.63, 3.8) is 0 Å². The van der Waals surface area contributed by atoms with Gasteiger partial charge in [-0.2, -0.15) is 5.10 Å². The third kappa shape index (κ3) is 2.44. The normalized spacial score (nSPS) is 10.8. The van der Waals surface area contributed by atoms with Crippen LogP contribution in [0.25, 0.3) is 33.7 Å². The van der Waals surface area contributed by atoms with Crippen LogP contribution in [-0.2, 0) is 0 Å². The maximum absolute atomic E-state index is 11.6. The first-order valence-corrected chi connectivity index (χ1v) is 6.89. The fourth-order valence-corrected chi connectivity index (χ4v) is 2.24. The van der Waals surface area contributed by atoms with Crippen molar-refractivity contribution in [2.45, 2.75) is 0 Å². The van der Waals surface area contributed by atoms with Crippen LogP contribution in [-0.4, -0.2) is 30.1 Å². The van der Waals surface area contributed by atoms with Crippen LogP contribution in [0.2, 0.25) is 0 Å². The Morgan fingerprint density at radius 1 is 0.826 bits per heavy atom. The van der Waals surface area contributed by atoms with Crippen molar-refractivity contribution in [2.75, 3.05) is 0 Å². The molecule has 0 aliphatic heterocycles. The molecule has 1 N–H and O–H groups in total. The quantitative estimate of drug-likeness (QED) is 0.606. The summed E-state index contributed by atoms with van der Waals surface area (Å²) in [6.45, 7) is 0. The second kappa shape index (κ2) is 5.38. The molecule has 4 aromatic rings. The zero-order valence-electron chi connectivity index (χ0n) is 11.8. The standard InChI is InChI=1S/C16H10N6O/c23-16-12-8-19-15(21-13(12)9-20-22-16)11-4-2-10(3-5-11)14-17-6-1-7-18-14/h1-9H,(H,22,23). The van der Waals surface area contributed by atoms with Gasteiger partial charge >= 0.3 is 0 Å². The lowest BCUT2D eigenvalue weighted by atomic mass is 10.1. The van der Waals surface area contributed by atoms with Gasteiger partial charge < -0.3 is 0 Å². The number of rotatable bonds is 2. The number of aromatic amines is 1. The van der Waals surface area contributed by atoms with Crippen LogP contribution in [0, 0.1) is 0 Å². The van der Waals surface area contributed by atoms with E-state index in [4.69, 9.17) is 0 Å². The van der Waals surface area contributed by atoms with Gasteiger partial charge in [0.15, 0.2) is 11.6 Å². The highest BCUT2D eigenvalue weighted by molar-refractivity contribution is 5.77. The van der Waals surface area contributed by atoms with Crippen molar-refractivity contribution >= 4 is 10.9 Å². The first-order valence-electron chi connectivity index (χ1n) is 6.89. The lowest BCUT2D eigenvalue weighted by molar-refractivity contribution is 1.00. The Bertz CT molecular complexity index is 1030. The Morgan fingerprint density at radius 3 is 2.26 bits per heavy atom. The maximum atomic E-state index is 11.6. The predicted molar refractivity (Wildman–Crippen MR) is 84.4 cm³/mol. The first-order chi connectivity index (χ1) is 11.3. The Labute approximate surface area is 130 Å². The van der Waals surface area contributed by atoms with Crippen LogP contribution in [0.5, 0.6) is 0 Å². The van der Waals surface area contributed by atoms with Crippen LogP contribution < -0.4 is 5.56 Å². The third-order valence-corrected chi connectivity index (χ3v) is 3.38. The van der Waals surface area contributed by atoms with E-state index in [1.54, 1.807) is 18.5 Å². The molecule has 4 rings (SSSR count). The van der Waals surface area contributed by atoms with E-state index in [1.165, 1.54) is 12.4 Å². The zero-order valence-corrected chi connectivity index (χ0v) is 11.8. The van der Waals surface area contributed by atoms with Crippen LogP contribution in [0.4, 0.5) is 0 Å². The number of benzene rings is 1. The van der Waals surface area contributed by atoms with E-state index in [1.807, 2.05) is 24.3 Å². The minimum atomic E-state index is -0.300. The molecule has 1 aromatic carbocycles. The van der Waals surface area contributed by atoms with Crippen molar-refractivity contribution in [1.82, 2.24) is 30.1 Å². The summed E-state index contributed by atoms with van der Waals surface area (Å²) in [5.41, 5.74) is 1.96. The summed E-state index contributed by atoms with van der Waals surface area (Å²) in [5, 5.41) is 6.53. The van der Waals surface area contributed by atoms with Crippen molar-refractivity contribution in [1.29, 1.82) is 0 Å². The van der Waals surface area contributed by atoms with E-state index in [0.717, 1.165) is 11.1 Å². The minimum Gasteiger partial charge on any atom is -0.267 e. The summed E-state index contributed by atoms with van der Waals surface area (Å²) in [7, 11) is 0. The first kappa shape index (κ1) is 13.2. The molecule has 0 fully saturated rings. The molecule has 0 radical (unpaired) electrons. The summed E-state index contributed by atoms with van der Waals surface area (Å²) < 4.78 is 0. The topological polar surface area (TPSA) is 97.3 Å². The molecule has 7 heteroatoms. The van der Waals surface area contributed by atoms with Gasteiger partial charge in [0.05, 0.1) is 17.1 Å². The number of aromatic nitrogens is 6. The number of nitrogens with one attached hydrogen (secondary N) is 1. The van der Waals surface area contributed by atoms with Gasteiger partial charge in [-0.1, -0.05) is 24.3 Å². The molecule has 0 unspecified atom stereocenters. The van der Waals surface area contributed by atoms with Crippen molar-refractivity contribution in [3.8, 4) is 22.8 Å². The van der Waals surface area contributed by atoms with Gasteiger partial charge in [-0.25, -0.2) is 25.0 Å². The second-order valence-electron chi connectivity index (χ2n) is 4.84. The van der Waals surface area contributed by atoms with Gasteiger partial charge in [-0.05, 0) is 6.07 Å². The third-order valence-electron chi connectivity index (χ3n) is 3.38. The minimum absolute atomic E-state index is 0.300. The molecule has 0 bridgehead atoms. The van der Waals surface area contributed by atoms with E-state index in [-0.39, 0.29) is 5.56 Å². The van der Waals surface area contributed by atoms with Gasteiger partial charge in [-0.15, -0.1) is 0 Å². The molecule has 110 valence electrons. The molecule has 0 saturated carbocycles. The Hall–Kier alpha value is -3.48. The Balaban J connectivity index is 1.75. The van der Waals surface area contributed by atoms with Crippen LogP contribution in [0.1, 0.15) is 0 Å². The van der Waals surface area contributed by atoms with Gasteiger partial charge in [0.1, 0.15) is 0 Å². The molecule has 7 nitrogen and oxygen atoms in total. The summed E-state index contributed by atoms with van der Waals surface area (Å²) in [5.74, 6) is 1.19. The van der Waals surface area contributed by atoms with Gasteiger partial charge in [-0.3, -0.25) is 4.79 Å². The average molecular weight is 302 g/mol. The lowest BCUT2D eigenvalue weighted by Crippen LogP contribution is -2.08. The largest absolute Gasteiger partial charge is 0.275 e. The maximum Gasteiger partial charge on any atom is 0.275 e. The smallest absolute Gasteiger partial charge is 0.267 e. The molecule has 0 amide bonds. The van der Waals surface area contributed by atoms with Crippen molar-refractivity contribution in [2.24, 2.45) is 0 Å². The Morgan fingerprint density at radius 2 is 1.52 bits per heavy atom. The predicted octanol–water partition coefficient (Wildman–Crippen LogP) is 1.84. The fraction of sp³-hybridized carbons (Fsp3) is 0. The molecular formula is C16H10N6O. The number of hydrogen-bond acceptors (Lipinski definition) is 6. The number of hydrogen-bond donors (Lipinski definition) is 1. The Kier molecular flexibility index (Phi) is 3.09. The van der Waals surface area contributed by atoms with Crippen molar-refractivity contribution in [3.05, 3.63) is 65.5 Å². The molecular weight excluding hydrogens is 292 g/mol. The van der Waals surface area contributed by atoms with Crippen LogP contribution in [0.15, 0.2) is 59.9 Å². The molecule has 23 heavy (non-hydrogen) atoms. The van der Waals surface area contributed by atoms with Crippen molar-refractivity contribution < 1.29 is 0 Å². The van der Waals surface area contributed by atoms with E-state index >= 15 is 0 Å². The molecule has 0 saturated heterocycles. The van der Waals surface area contributed by atoms with Gasteiger partial charge in [0.2, 0.25) is 0 Å². The van der Waals surface area contributed by atoms with Crippen LogP contribution in [0.3, 0.4) is 0 Å².